The molecule has 0 bridgehead atoms. The minimum Gasteiger partial charge on any atom is -0.409 e. The quantitative estimate of drug-likeness (QED) is 0.194. The summed E-state index contributed by atoms with van der Waals surface area (Å²) in [6.45, 7) is 4.66. The molecule has 0 aliphatic carbocycles. The van der Waals surface area contributed by atoms with Crippen LogP contribution in [-0.2, 0) is 9.47 Å². The standard InChI is InChI=1S/C10H23N3O3/c1-9(10(11)12-14)13(2)5-4-6-16-8-7-15-3/h9,14H,4-8H2,1-3H3,(H2,11,12). The summed E-state index contributed by atoms with van der Waals surface area (Å²) < 4.78 is 10.2. The van der Waals surface area contributed by atoms with Gasteiger partial charge in [-0.25, -0.2) is 0 Å². The van der Waals surface area contributed by atoms with E-state index in [0.717, 1.165) is 13.0 Å². The van der Waals surface area contributed by atoms with Crippen LogP contribution in [0, 0.1) is 0 Å². The molecule has 96 valence electrons. The van der Waals surface area contributed by atoms with Crippen LogP contribution in [0.3, 0.4) is 0 Å². The molecule has 1 unspecified atom stereocenters. The minimum atomic E-state index is -0.0658. The van der Waals surface area contributed by atoms with E-state index >= 15 is 0 Å². The Labute approximate surface area is 97.0 Å². The van der Waals surface area contributed by atoms with Crippen LogP contribution < -0.4 is 5.73 Å². The maximum absolute atomic E-state index is 8.52. The SMILES string of the molecule is COCCOCCCN(C)C(C)C(N)=NO. The zero-order chi connectivity index (χ0) is 12.4. The van der Waals surface area contributed by atoms with Gasteiger partial charge in [0.05, 0.1) is 19.3 Å². The van der Waals surface area contributed by atoms with Gasteiger partial charge in [-0.15, -0.1) is 0 Å². The highest BCUT2D eigenvalue weighted by Crippen LogP contribution is 1.97. The lowest BCUT2D eigenvalue weighted by molar-refractivity contribution is 0.0658. The Morgan fingerprint density at radius 3 is 2.69 bits per heavy atom. The van der Waals surface area contributed by atoms with Crippen LogP contribution >= 0.6 is 0 Å². The molecule has 0 saturated carbocycles. The molecule has 0 amide bonds. The fourth-order valence-corrected chi connectivity index (χ4v) is 1.16. The highest BCUT2D eigenvalue weighted by Gasteiger charge is 2.12. The van der Waals surface area contributed by atoms with E-state index in [9.17, 15) is 0 Å². The van der Waals surface area contributed by atoms with Crippen molar-refractivity contribution in [3.05, 3.63) is 0 Å². The van der Waals surface area contributed by atoms with Gasteiger partial charge in [0, 0.05) is 20.3 Å². The van der Waals surface area contributed by atoms with Gasteiger partial charge in [-0.3, -0.25) is 4.90 Å². The first-order valence-corrected chi connectivity index (χ1v) is 5.37. The molecule has 16 heavy (non-hydrogen) atoms. The van der Waals surface area contributed by atoms with Gasteiger partial charge >= 0.3 is 0 Å². The van der Waals surface area contributed by atoms with Gasteiger partial charge < -0.3 is 20.4 Å². The van der Waals surface area contributed by atoms with Crippen LogP contribution in [0.2, 0.25) is 0 Å². The van der Waals surface area contributed by atoms with Crippen molar-refractivity contribution >= 4 is 5.84 Å². The molecule has 6 nitrogen and oxygen atoms in total. The molecule has 0 aromatic heterocycles. The number of rotatable bonds is 9. The smallest absolute Gasteiger partial charge is 0.156 e. The fraction of sp³-hybridized carbons (Fsp3) is 0.900. The van der Waals surface area contributed by atoms with Crippen molar-refractivity contribution in [2.24, 2.45) is 10.9 Å². The lowest BCUT2D eigenvalue weighted by Gasteiger charge is -2.23. The number of nitrogens with two attached hydrogens (primary N) is 1. The van der Waals surface area contributed by atoms with Crippen LogP contribution in [0.1, 0.15) is 13.3 Å². The third-order valence-electron chi connectivity index (χ3n) is 2.44. The number of ether oxygens (including phenoxy) is 2. The fourth-order valence-electron chi connectivity index (χ4n) is 1.16. The molecule has 3 N–H and O–H groups in total. The summed E-state index contributed by atoms with van der Waals surface area (Å²) in [7, 11) is 3.58. The average molecular weight is 233 g/mol. The predicted molar refractivity (Wildman–Crippen MR) is 62.8 cm³/mol. The molecule has 1 atom stereocenters. The van der Waals surface area contributed by atoms with E-state index in [1.165, 1.54) is 0 Å². The Balaban J connectivity index is 3.53. The van der Waals surface area contributed by atoms with E-state index < -0.39 is 0 Å². The number of nitrogens with zero attached hydrogens (tertiary/aromatic N) is 2. The van der Waals surface area contributed by atoms with Gasteiger partial charge in [0.2, 0.25) is 0 Å². The summed E-state index contributed by atoms with van der Waals surface area (Å²) in [5.41, 5.74) is 5.50. The Morgan fingerprint density at radius 2 is 2.12 bits per heavy atom. The van der Waals surface area contributed by atoms with Crippen molar-refractivity contribution in [3.8, 4) is 0 Å². The summed E-state index contributed by atoms with van der Waals surface area (Å²) in [5.74, 6) is 0.225. The van der Waals surface area contributed by atoms with Crippen molar-refractivity contribution in [1.29, 1.82) is 0 Å². The summed E-state index contributed by atoms with van der Waals surface area (Å²) in [6, 6.07) is -0.0658. The zero-order valence-electron chi connectivity index (χ0n) is 10.3. The Bertz CT molecular complexity index is 200. The summed E-state index contributed by atoms with van der Waals surface area (Å²) >= 11 is 0. The van der Waals surface area contributed by atoms with Crippen LogP contribution in [0.4, 0.5) is 0 Å². The molecular formula is C10H23N3O3. The number of amidine groups is 1. The first kappa shape index (κ1) is 15.2. The van der Waals surface area contributed by atoms with Gasteiger partial charge in [-0.05, 0) is 20.4 Å². The Hall–Kier alpha value is -0.850. The molecule has 6 heteroatoms. The third kappa shape index (κ3) is 6.60. The molecular weight excluding hydrogens is 210 g/mol. The zero-order valence-corrected chi connectivity index (χ0v) is 10.3. The van der Waals surface area contributed by atoms with Crippen LogP contribution in [0.5, 0.6) is 0 Å². The van der Waals surface area contributed by atoms with Crippen LogP contribution in [0.25, 0.3) is 0 Å². The number of methoxy groups -OCH3 is 1. The molecule has 0 aromatic carbocycles. The second kappa shape index (κ2) is 9.38. The van der Waals surface area contributed by atoms with Gasteiger partial charge in [-0.1, -0.05) is 5.16 Å². The summed E-state index contributed by atoms with van der Waals surface area (Å²) in [4.78, 5) is 2.01. The number of hydrogen-bond acceptors (Lipinski definition) is 5. The van der Waals surface area contributed by atoms with Gasteiger partial charge in [0.1, 0.15) is 0 Å². The number of hydrogen-bond donors (Lipinski definition) is 2. The lowest BCUT2D eigenvalue weighted by Crippen LogP contribution is -2.41. The third-order valence-corrected chi connectivity index (χ3v) is 2.44. The molecule has 0 aliphatic heterocycles. The monoisotopic (exact) mass is 233 g/mol. The number of likely N-dealkylation sites (N-methyl/N-ethyl adjacent to an activating group) is 1. The van der Waals surface area contributed by atoms with Crippen LogP contribution in [0.15, 0.2) is 5.16 Å². The topological polar surface area (TPSA) is 80.3 Å². The van der Waals surface area contributed by atoms with Crippen molar-refractivity contribution in [2.75, 3.05) is 40.5 Å². The Kier molecular flexibility index (Phi) is 8.88. The first-order chi connectivity index (χ1) is 7.63. The van der Waals surface area contributed by atoms with E-state index in [1.54, 1.807) is 7.11 Å². The van der Waals surface area contributed by atoms with E-state index in [-0.39, 0.29) is 11.9 Å². The molecule has 0 radical (unpaired) electrons. The molecule has 0 aliphatic rings. The van der Waals surface area contributed by atoms with E-state index in [4.69, 9.17) is 20.4 Å². The summed E-state index contributed by atoms with van der Waals surface area (Å²) in [6.07, 6.45) is 0.906. The van der Waals surface area contributed by atoms with Crippen molar-refractivity contribution in [2.45, 2.75) is 19.4 Å². The highest BCUT2D eigenvalue weighted by molar-refractivity contribution is 5.84. The molecule has 0 spiro atoms. The second-order valence-corrected chi connectivity index (χ2v) is 3.64. The minimum absolute atomic E-state index is 0.0658. The maximum Gasteiger partial charge on any atom is 0.156 e. The molecule has 0 rings (SSSR count). The maximum atomic E-state index is 8.52. The lowest BCUT2D eigenvalue weighted by atomic mass is 10.2. The normalized spacial score (nSPS) is 14.4. The second-order valence-electron chi connectivity index (χ2n) is 3.64. The van der Waals surface area contributed by atoms with Crippen molar-refractivity contribution in [3.63, 3.8) is 0 Å². The highest BCUT2D eigenvalue weighted by atomic mass is 16.5. The first-order valence-electron chi connectivity index (χ1n) is 5.37. The molecule has 0 aromatic rings. The van der Waals surface area contributed by atoms with Crippen LogP contribution in [-0.4, -0.2) is 62.5 Å². The van der Waals surface area contributed by atoms with Gasteiger partial charge in [0.25, 0.3) is 0 Å². The van der Waals surface area contributed by atoms with E-state index in [1.807, 2.05) is 18.9 Å². The molecule has 0 heterocycles. The summed E-state index contributed by atoms with van der Waals surface area (Å²) in [5, 5.41) is 11.5. The molecule has 0 saturated heterocycles. The largest absolute Gasteiger partial charge is 0.409 e. The molecule has 0 fully saturated rings. The number of oxime groups is 1. The van der Waals surface area contributed by atoms with E-state index in [0.29, 0.717) is 19.8 Å². The Morgan fingerprint density at radius 1 is 1.44 bits per heavy atom. The van der Waals surface area contributed by atoms with E-state index in [2.05, 4.69) is 5.16 Å². The average Bonchev–Trinajstić information content (AvgIpc) is 2.31. The van der Waals surface area contributed by atoms with Gasteiger partial charge in [0.15, 0.2) is 5.84 Å². The van der Waals surface area contributed by atoms with Gasteiger partial charge in [-0.2, -0.15) is 0 Å². The predicted octanol–water partition coefficient (Wildman–Crippen LogP) is 0.106. The van der Waals surface area contributed by atoms with Crippen molar-refractivity contribution < 1.29 is 14.7 Å². The van der Waals surface area contributed by atoms with Crippen molar-refractivity contribution in [1.82, 2.24) is 4.90 Å².